The summed E-state index contributed by atoms with van der Waals surface area (Å²) in [5.74, 6) is 1.41. The molecule has 3 rings (SSSR count). The van der Waals surface area contributed by atoms with Crippen molar-refractivity contribution >= 4 is 0 Å². The maximum atomic E-state index is 12.3. The predicted octanol–water partition coefficient (Wildman–Crippen LogP) is 0.707. The van der Waals surface area contributed by atoms with Crippen LogP contribution in [0.2, 0.25) is 0 Å². The first-order valence-electron chi connectivity index (χ1n) is 7.98. The number of aromatic amines is 1. The molecule has 0 radical (unpaired) electrons. The van der Waals surface area contributed by atoms with Crippen molar-refractivity contribution in [3.8, 4) is 11.4 Å². The lowest BCUT2D eigenvalue weighted by Crippen LogP contribution is -2.44. The number of hydrogen-bond acceptors (Lipinski definition) is 5. The van der Waals surface area contributed by atoms with Crippen molar-refractivity contribution in [1.29, 1.82) is 0 Å². The first-order valence-corrected chi connectivity index (χ1v) is 7.98. The van der Waals surface area contributed by atoms with Gasteiger partial charge in [0, 0.05) is 26.2 Å². The Morgan fingerprint density at radius 1 is 1.22 bits per heavy atom. The first-order chi connectivity index (χ1) is 11.2. The largest absolute Gasteiger partial charge is 0.492 e. The molecule has 0 atom stereocenters. The van der Waals surface area contributed by atoms with E-state index in [1.54, 1.807) is 4.57 Å². The Morgan fingerprint density at radius 3 is 2.70 bits per heavy atom. The van der Waals surface area contributed by atoms with Crippen molar-refractivity contribution in [2.45, 2.75) is 13.5 Å². The molecule has 1 aliphatic heterocycles. The lowest BCUT2D eigenvalue weighted by atomic mass is 10.2. The number of aromatic nitrogens is 3. The Bertz CT molecular complexity index is 700. The highest BCUT2D eigenvalue weighted by Gasteiger charge is 2.19. The fraction of sp³-hybridized carbons (Fsp3) is 0.500. The number of piperazine rings is 1. The summed E-state index contributed by atoms with van der Waals surface area (Å²) in [5.41, 5.74) is 0.499. The Hall–Kier alpha value is -2.12. The first kappa shape index (κ1) is 15.8. The van der Waals surface area contributed by atoms with E-state index in [9.17, 15) is 4.79 Å². The number of likely N-dealkylation sites (N-methyl/N-ethyl adjacent to an activating group) is 1. The highest BCUT2D eigenvalue weighted by atomic mass is 16.5. The molecule has 2 aromatic rings. The van der Waals surface area contributed by atoms with Crippen LogP contribution in [0, 0.1) is 0 Å². The third-order valence-electron chi connectivity index (χ3n) is 4.11. The lowest BCUT2D eigenvalue weighted by Gasteiger charge is -2.31. The molecule has 0 saturated carbocycles. The fourth-order valence-corrected chi connectivity index (χ4v) is 2.81. The van der Waals surface area contributed by atoms with Crippen molar-refractivity contribution in [1.82, 2.24) is 24.6 Å². The molecule has 1 N–H and O–H groups in total. The number of nitrogens with one attached hydrogen (secondary N) is 1. The quantitative estimate of drug-likeness (QED) is 0.880. The molecule has 1 aliphatic rings. The molecule has 7 nitrogen and oxygen atoms in total. The van der Waals surface area contributed by atoms with Crippen molar-refractivity contribution in [3.63, 3.8) is 0 Å². The molecule has 0 aliphatic carbocycles. The minimum atomic E-state index is -0.235. The van der Waals surface area contributed by atoms with Crippen molar-refractivity contribution in [2.75, 3.05) is 39.8 Å². The number of para-hydroxylation sites is 2. The summed E-state index contributed by atoms with van der Waals surface area (Å²) in [5, 5.41) is 6.79. The van der Waals surface area contributed by atoms with E-state index in [1.807, 2.05) is 31.2 Å². The van der Waals surface area contributed by atoms with E-state index in [2.05, 4.69) is 27.0 Å². The third kappa shape index (κ3) is 3.46. The van der Waals surface area contributed by atoms with Crippen molar-refractivity contribution in [3.05, 3.63) is 40.6 Å². The van der Waals surface area contributed by atoms with Gasteiger partial charge in [-0.15, -0.1) is 0 Å². The maximum absolute atomic E-state index is 12.3. The van der Waals surface area contributed by atoms with Crippen LogP contribution in [0.25, 0.3) is 5.69 Å². The van der Waals surface area contributed by atoms with Gasteiger partial charge in [-0.25, -0.2) is 14.5 Å². The number of nitrogens with zero attached hydrogens (tertiary/aromatic N) is 4. The van der Waals surface area contributed by atoms with Crippen molar-refractivity contribution in [2.24, 2.45) is 0 Å². The Kier molecular flexibility index (Phi) is 4.78. The maximum Gasteiger partial charge on any atom is 0.348 e. The Morgan fingerprint density at radius 2 is 1.96 bits per heavy atom. The van der Waals surface area contributed by atoms with E-state index in [4.69, 9.17) is 4.74 Å². The fourth-order valence-electron chi connectivity index (χ4n) is 2.81. The molecular formula is C16H23N5O2. The topological polar surface area (TPSA) is 66.4 Å². The van der Waals surface area contributed by atoms with Crippen LogP contribution in [0.1, 0.15) is 12.7 Å². The summed E-state index contributed by atoms with van der Waals surface area (Å²) in [7, 11) is 2.13. The molecule has 1 aromatic carbocycles. The van der Waals surface area contributed by atoms with E-state index in [1.165, 1.54) is 0 Å². The number of benzene rings is 1. The van der Waals surface area contributed by atoms with Gasteiger partial charge in [0.1, 0.15) is 5.75 Å². The van der Waals surface area contributed by atoms with Crippen LogP contribution >= 0.6 is 0 Å². The minimum Gasteiger partial charge on any atom is -0.492 e. The van der Waals surface area contributed by atoms with Crippen LogP contribution in [0.15, 0.2) is 29.1 Å². The number of rotatable bonds is 5. The van der Waals surface area contributed by atoms with Crippen LogP contribution < -0.4 is 10.4 Å². The van der Waals surface area contributed by atoms with Gasteiger partial charge in [0.2, 0.25) is 0 Å². The molecular weight excluding hydrogens is 294 g/mol. The molecule has 1 aromatic heterocycles. The van der Waals surface area contributed by atoms with Crippen LogP contribution in [0.5, 0.6) is 5.75 Å². The molecule has 1 fully saturated rings. The highest BCUT2D eigenvalue weighted by Crippen LogP contribution is 2.22. The van der Waals surface area contributed by atoms with Crippen molar-refractivity contribution < 1.29 is 4.74 Å². The average molecular weight is 317 g/mol. The molecule has 0 unspecified atom stereocenters. The van der Waals surface area contributed by atoms with Gasteiger partial charge in [0.15, 0.2) is 5.82 Å². The molecule has 1 saturated heterocycles. The zero-order valence-corrected chi connectivity index (χ0v) is 13.7. The molecule has 0 bridgehead atoms. The summed E-state index contributed by atoms with van der Waals surface area (Å²) >= 11 is 0. The number of ether oxygens (including phenoxy) is 1. The summed E-state index contributed by atoms with van der Waals surface area (Å²) in [6, 6.07) is 7.56. The average Bonchev–Trinajstić information content (AvgIpc) is 2.91. The molecule has 2 heterocycles. The second kappa shape index (κ2) is 6.97. The van der Waals surface area contributed by atoms with Gasteiger partial charge in [-0.3, -0.25) is 4.90 Å². The highest BCUT2D eigenvalue weighted by molar-refractivity contribution is 5.47. The van der Waals surface area contributed by atoms with Crippen LogP contribution in [0.4, 0.5) is 0 Å². The monoisotopic (exact) mass is 317 g/mol. The van der Waals surface area contributed by atoms with Crippen LogP contribution in [-0.4, -0.2) is 64.4 Å². The van der Waals surface area contributed by atoms with E-state index >= 15 is 0 Å². The smallest absolute Gasteiger partial charge is 0.348 e. The zero-order valence-electron chi connectivity index (χ0n) is 13.7. The zero-order chi connectivity index (χ0) is 16.2. The molecule has 7 heteroatoms. The second-order valence-electron chi connectivity index (χ2n) is 5.76. The summed E-state index contributed by atoms with van der Waals surface area (Å²) < 4.78 is 7.27. The van der Waals surface area contributed by atoms with Gasteiger partial charge in [-0.05, 0) is 26.1 Å². The SMILES string of the molecule is CCOc1ccccc1-n1c(CN2CCN(C)CC2)n[nH]c1=O. The van der Waals surface area contributed by atoms with Gasteiger partial charge in [-0.1, -0.05) is 12.1 Å². The Balaban J connectivity index is 1.89. The van der Waals surface area contributed by atoms with E-state index in [-0.39, 0.29) is 5.69 Å². The van der Waals surface area contributed by atoms with Gasteiger partial charge in [-0.2, -0.15) is 5.10 Å². The van der Waals surface area contributed by atoms with E-state index < -0.39 is 0 Å². The predicted molar refractivity (Wildman–Crippen MR) is 88.1 cm³/mol. The Labute approximate surface area is 135 Å². The van der Waals surface area contributed by atoms with Gasteiger partial charge < -0.3 is 9.64 Å². The van der Waals surface area contributed by atoms with Gasteiger partial charge in [0.05, 0.1) is 18.8 Å². The van der Waals surface area contributed by atoms with E-state index in [0.717, 1.165) is 31.9 Å². The van der Waals surface area contributed by atoms with E-state index in [0.29, 0.717) is 24.7 Å². The second-order valence-corrected chi connectivity index (χ2v) is 5.76. The molecule has 0 spiro atoms. The summed E-state index contributed by atoms with van der Waals surface area (Å²) in [6.07, 6.45) is 0. The van der Waals surface area contributed by atoms with Gasteiger partial charge >= 0.3 is 5.69 Å². The summed E-state index contributed by atoms with van der Waals surface area (Å²) in [4.78, 5) is 16.9. The lowest BCUT2D eigenvalue weighted by molar-refractivity contribution is 0.145. The third-order valence-corrected chi connectivity index (χ3v) is 4.11. The molecule has 23 heavy (non-hydrogen) atoms. The van der Waals surface area contributed by atoms with Gasteiger partial charge in [0.25, 0.3) is 0 Å². The van der Waals surface area contributed by atoms with Crippen LogP contribution in [0.3, 0.4) is 0 Å². The van der Waals surface area contributed by atoms with Crippen LogP contribution in [-0.2, 0) is 6.54 Å². The number of H-pyrrole nitrogens is 1. The standard InChI is InChI=1S/C16H23N5O2/c1-3-23-14-7-5-4-6-13(14)21-15(17-18-16(21)22)12-20-10-8-19(2)9-11-20/h4-7H,3,8-12H2,1-2H3,(H,18,22). The summed E-state index contributed by atoms with van der Waals surface area (Å²) in [6.45, 7) is 7.15. The minimum absolute atomic E-state index is 0.235. The normalized spacial score (nSPS) is 16.6. The molecule has 0 amide bonds. The molecule has 124 valence electrons. The number of hydrogen-bond donors (Lipinski definition) is 1.